The molecule has 0 saturated carbocycles. The number of esters is 1. The minimum Gasteiger partial charge on any atom is -0.469 e. The molecule has 18 heavy (non-hydrogen) atoms. The number of hydrogen-bond acceptors (Lipinski definition) is 3. The summed E-state index contributed by atoms with van der Waals surface area (Å²) in [6.07, 6.45) is 1.07. The fourth-order valence-corrected chi connectivity index (χ4v) is 2.54. The summed E-state index contributed by atoms with van der Waals surface area (Å²) in [7, 11) is 1.47. The Balaban J connectivity index is 2.12. The molecule has 0 bridgehead atoms. The minimum absolute atomic E-state index is 0.0545. The number of fused-ring (bicyclic) bond motifs is 1. The molecule has 98 valence electrons. The number of carbonyl (C=O) groups excluding carboxylic acids is 1. The van der Waals surface area contributed by atoms with Gasteiger partial charge in [0.05, 0.1) is 13.0 Å². The standard InChI is InChI=1S/C15H21NO2/c1-11(2)13(15(17)18-3)10-16-9-8-12-6-4-5-7-14(12)16/h4-7,11,13H,8-10H2,1-3H3. The lowest BCUT2D eigenvalue weighted by molar-refractivity contribution is -0.146. The van der Waals surface area contributed by atoms with E-state index in [-0.39, 0.29) is 11.9 Å². The van der Waals surface area contributed by atoms with Gasteiger partial charge in [-0.1, -0.05) is 32.0 Å². The van der Waals surface area contributed by atoms with Crippen molar-refractivity contribution in [1.82, 2.24) is 0 Å². The highest BCUT2D eigenvalue weighted by Gasteiger charge is 2.28. The number of nitrogens with zero attached hydrogens (tertiary/aromatic N) is 1. The van der Waals surface area contributed by atoms with Crippen LogP contribution in [-0.4, -0.2) is 26.2 Å². The predicted octanol–water partition coefficient (Wildman–Crippen LogP) is 2.49. The molecule has 0 saturated heterocycles. The number of methoxy groups -OCH3 is 1. The molecule has 1 heterocycles. The Morgan fingerprint density at radius 2 is 2.11 bits per heavy atom. The Morgan fingerprint density at radius 3 is 2.78 bits per heavy atom. The molecule has 0 radical (unpaired) electrons. The highest BCUT2D eigenvalue weighted by atomic mass is 16.5. The van der Waals surface area contributed by atoms with Crippen molar-refractivity contribution in [2.45, 2.75) is 20.3 Å². The number of para-hydroxylation sites is 1. The fraction of sp³-hybridized carbons (Fsp3) is 0.533. The van der Waals surface area contributed by atoms with Gasteiger partial charge in [0.25, 0.3) is 0 Å². The average Bonchev–Trinajstić information content (AvgIpc) is 2.78. The van der Waals surface area contributed by atoms with Gasteiger partial charge >= 0.3 is 5.97 Å². The van der Waals surface area contributed by atoms with E-state index < -0.39 is 0 Å². The van der Waals surface area contributed by atoms with Crippen LogP contribution in [0.2, 0.25) is 0 Å². The van der Waals surface area contributed by atoms with Crippen molar-refractivity contribution in [3.63, 3.8) is 0 Å². The van der Waals surface area contributed by atoms with Gasteiger partial charge in [0, 0.05) is 18.8 Å². The number of benzene rings is 1. The molecular weight excluding hydrogens is 226 g/mol. The van der Waals surface area contributed by atoms with E-state index in [9.17, 15) is 4.79 Å². The van der Waals surface area contributed by atoms with Gasteiger partial charge in [0.1, 0.15) is 0 Å². The molecule has 1 aliphatic heterocycles. The third-order valence-electron chi connectivity index (χ3n) is 3.71. The maximum Gasteiger partial charge on any atom is 0.310 e. The highest BCUT2D eigenvalue weighted by Crippen LogP contribution is 2.29. The van der Waals surface area contributed by atoms with E-state index in [1.165, 1.54) is 18.4 Å². The molecule has 0 aromatic heterocycles. The number of ether oxygens (including phenoxy) is 1. The van der Waals surface area contributed by atoms with Crippen molar-refractivity contribution in [2.75, 3.05) is 25.1 Å². The second-order valence-electron chi connectivity index (χ2n) is 5.20. The van der Waals surface area contributed by atoms with Crippen molar-refractivity contribution in [2.24, 2.45) is 11.8 Å². The van der Waals surface area contributed by atoms with Gasteiger partial charge in [-0.15, -0.1) is 0 Å². The van der Waals surface area contributed by atoms with Crippen LogP contribution < -0.4 is 4.90 Å². The summed E-state index contributed by atoms with van der Waals surface area (Å²) in [5, 5.41) is 0. The molecular formula is C15H21NO2. The first-order valence-electron chi connectivity index (χ1n) is 6.54. The van der Waals surface area contributed by atoms with Crippen LogP contribution in [-0.2, 0) is 16.0 Å². The molecule has 0 amide bonds. The second kappa shape index (κ2) is 5.42. The minimum atomic E-state index is -0.102. The summed E-state index contributed by atoms with van der Waals surface area (Å²) in [6, 6.07) is 8.43. The first-order valence-corrected chi connectivity index (χ1v) is 6.54. The summed E-state index contributed by atoms with van der Waals surface area (Å²) < 4.78 is 4.91. The maximum absolute atomic E-state index is 11.8. The highest BCUT2D eigenvalue weighted by molar-refractivity contribution is 5.74. The Bertz CT molecular complexity index is 428. The molecule has 2 rings (SSSR count). The summed E-state index contributed by atoms with van der Waals surface area (Å²) in [5.74, 6) is 0.140. The molecule has 0 aliphatic carbocycles. The molecule has 1 aliphatic rings. The molecule has 1 aromatic rings. The van der Waals surface area contributed by atoms with Crippen molar-refractivity contribution >= 4 is 11.7 Å². The Kier molecular flexibility index (Phi) is 3.90. The largest absolute Gasteiger partial charge is 0.469 e. The van der Waals surface area contributed by atoms with Gasteiger partial charge in [-0.2, -0.15) is 0 Å². The van der Waals surface area contributed by atoms with Crippen LogP contribution in [0.1, 0.15) is 19.4 Å². The van der Waals surface area contributed by atoms with Gasteiger partial charge in [0.2, 0.25) is 0 Å². The average molecular weight is 247 g/mol. The maximum atomic E-state index is 11.8. The van der Waals surface area contributed by atoms with Crippen LogP contribution >= 0.6 is 0 Å². The second-order valence-corrected chi connectivity index (χ2v) is 5.20. The zero-order valence-corrected chi connectivity index (χ0v) is 11.3. The Labute approximate surface area is 109 Å². The Morgan fingerprint density at radius 1 is 1.39 bits per heavy atom. The van der Waals surface area contributed by atoms with Gasteiger partial charge in [0.15, 0.2) is 0 Å². The van der Waals surface area contributed by atoms with Crippen LogP contribution in [0.5, 0.6) is 0 Å². The Hall–Kier alpha value is -1.51. The molecule has 1 atom stereocenters. The summed E-state index contributed by atoms with van der Waals surface area (Å²) >= 11 is 0. The van der Waals surface area contributed by atoms with E-state index >= 15 is 0 Å². The fourth-order valence-electron chi connectivity index (χ4n) is 2.54. The number of anilines is 1. The van der Waals surface area contributed by atoms with E-state index in [4.69, 9.17) is 4.74 Å². The van der Waals surface area contributed by atoms with Crippen LogP contribution in [0.25, 0.3) is 0 Å². The summed E-state index contributed by atoms with van der Waals surface area (Å²) in [6.45, 7) is 5.90. The van der Waals surface area contributed by atoms with E-state index in [1.807, 2.05) is 0 Å². The zero-order valence-electron chi connectivity index (χ0n) is 11.3. The predicted molar refractivity (Wildman–Crippen MR) is 72.7 cm³/mol. The van der Waals surface area contributed by atoms with Crippen molar-refractivity contribution in [3.8, 4) is 0 Å². The molecule has 0 fully saturated rings. The normalized spacial score (nSPS) is 15.7. The third kappa shape index (κ3) is 2.50. The summed E-state index contributed by atoms with van der Waals surface area (Å²) in [5.41, 5.74) is 2.65. The topological polar surface area (TPSA) is 29.5 Å². The van der Waals surface area contributed by atoms with Crippen LogP contribution in [0.4, 0.5) is 5.69 Å². The van der Waals surface area contributed by atoms with Gasteiger partial charge in [-0.25, -0.2) is 0 Å². The smallest absolute Gasteiger partial charge is 0.310 e. The molecule has 3 heteroatoms. The quantitative estimate of drug-likeness (QED) is 0.766. The monoisotopic (exact) mass is 247 g/mol. The summed E-state index contributed by atoms with van der Waals surface area (Å²) in [4.78, 5) is 14.1. The molecule has 0 N–H and O–H groups in total. The SMILES string of the molecule is COC(=O)C(CN1CCc2ccccc21)C(C)C. The first-order chi connectivity index (χ1) is 8.63. The molecule has 1 aromatic carbocycles. The van der Waals surface area contributed by atoms with Gasteiger partial charge in [-0.05, 0) is 24.0 Å². The zero-order chi connectivity index (χ0) is 13.1. The number of rotatable bonds is 4. The number of hydrogen-bond donors (Lipinski definition) is 0. The van der Waals surface area contributed by atoms with E-state index in [0.717, 1.165) is 19.5 Å². The van der Waals surface area contributed by atoms with Gasteiger partial charge < -0.3 is 9.64 Å². The number of carbonyl (C=O) groups is 1. The van der Waals surface area contributed by atoms with Crippen molar-refractivity contribution < 1.29 is 9.53 Å². The van der Waals surface area contributed by atoms with Crippen molar-refractivity contribution in [1.29, 1.82) is 0 Å². The lowest BCUT2D eigenvalue weighted by atomic mass is 9.95. The molecule has 0 spiro atoms. The van der Waals surface area contributed by atoms with E-state index in [0.29, 0.717) is 5.92 Å². The van der Waals surface area contributed by atoms with E-state index in [2.05, 4.69) is 43.0 Å². The first kappa shape index (κ1) is 12.9. The van der Waals surface area contributed by atoms with E-state index in [1.54, 1.807) is 0 Å². The van der Waals surface area contributed by atoms with Gasteiger partial charge in [-0.3, -0.25) is 4.79 Å². The van der Waals surface area contributed by atoms with Crippen molar-refractivity contribution in [3.05, 3.63) is 29.8 Å². The molecule has 3 nitrogen and oxygen atoms in total. The van der Waals surface area contributed by atoms with Crippen LogP contribution in [0.15, 0.2) is 24.3 Å². The lowest BCUT2D eigenvalue weighted by Crippen LogP contribution is -2.35. The lowest BCUT2D eigenvalue weighted by Gasteiger charge is -2.26. The van der Waals surface area contributed by atoms with Crippen LogP contribution in [0.3, 0.4) is 0 Å². The van der Waals surface area contributed by atoms with Crippen LogP contribution in [0, 0.1) is 11.8 Å². The third-order valence-corrected chi connectivity index (χ3v) is 3.71. The molecule has 1 unspecified atom stereocenters.